The number of carbonyl (C=O) groups is 1. The quantitative estimate of drug-likeness (QED) is 0.773. The van der Waals surface area contributed by atoms with Gasteiger partial charge < -0.3 is 14.4 Å². The third-order valence-electron chi connectivity index (χ3n) is 6.55. The molecular weight excluding hydrogens is 380 g/mol. The minimum absolute atomic E-state index is 0.0126. The van der Waals surface area contributed by atoms with Crippen LogP contribution in [0.25, 0.3) is 0 Å². The first-order valence-electron chi connectivity index (χ1n) is 10.7. The van der Waals surface area contributed by atoms with Crippen molar-refractivity contribution in [1.29, 1.82) is 0 Å². The molecule has 2 aliphatic heterocycles. The lowest BCUT2D eigenvalue weighted by molar-refractivity contribution is -0.130. The number of piperidine rings is 1. The molecule has 2 atom stereocenters. The third kappa shape index (κ3) is 4.31. The molecule has 1 saturated heterocycles. The fourth-order valence-electron chi connectivity index (χ4n) is 4.57. The molecule has 2 aliphatic rings. The topological polar surface area (TPSA) is 59.8 Å². The Hall–Kier alpha value is -2.54. The van der Waals surface area contributed by atoms with Gasteiger partial charge in [-0.2, -0.15) is 5.10 Å². The van der Waals surface area contributed by atoms with Crippen molar-refractivity contribution in [3.8, 4) is 11.5 Å². The summed E-state index contributed by atoms with van der Waals surface area (Å²) in [4.78, 5) is 16.7. The second-order valence-electron chi connectivity index (χ2n) is 8.55. The van der Waals surface area contributed by atoms with Crippen LogP contribution in [0, 0.1) is 12.8 Å². The van der Waals surface area contributed by atoms with Crippen LogP contribution in [0.4, 0.5) is 0 Å². The first kappa shape index (κ1) is 20.7. The molecule has 0 aliphatic carbocycles. The van der Waals surface area contributed by atoms with E-state index in [1.54, 1.807) is 14.0 Å². The number of rotatable bonds is 4. The summed E-state index contributed by atoms with van der Waals surface area (Å²) in [6.07, 6.45) is 4.22. The zero-order valence-electron chi connectivity index (χ0n) is 18.4. The Bertz CT molecular complexity index is 910. The van der Waals surface area contributed by atoms with Crippen LogP contribution < -0.4 is 9.47 Å². The van der Waals surface area contributed by atoms with Crippen LogP contribution >= 0.6 is 0 Å². The minimum Gasteiger partial charge on any atom is -0.497 e. The van der Waals surface area contributed by atoms with Crippen molar-refractivity contribution >= 4 is 5.91 Å². The molecule has 162 valence electrons. The Labute approximate surface area is 178 Å². The maximum Gasteiger partial charge on any atom is 0.219 e. The zero-order chi connectivity index (χ0) is 21.3. The van der Waals surface area contributed by atoms with Crippen LogP contribution in [0.5, 0.6) is 11.5 Å². The van der Waals surface area contributed by atoms with E-state index in [1.807, 2.05) is 41.0 Å². The summed E-state index contributed by atoms with van der Waals surface area (Å²) in [5.41, 5.74) is 3.50. The SMILES string of the molecule is COc1ccc2c(c1)CN(C(C)=O)C[C@H]([C@H]1CCCN(Cc3cnn(C)c3C)C1)O2. The molecule has 7 nitrogen and oxygen atoms in total. The number of hydrogen-bond acceptors (Lipinski definition) is 5. The predicted molar refractivity (Wildman–Crippen MR) is 114 cm³/mol. The van der Waals surface area contributed by atoms with Crippen molar-refractivity contribution in [2.24, 2.45) is 13.0 Å². The molecule has 0 saturated carbocycles. The summed E-state index contributed by atoms with van der Waals surface area (Å²) in [7, 11) is 3.64. The summed E-state index contributed by atoms with van der Waals surface area (Å²) in [6.45, 7) is 7.90. The van der Waals surface area contributed by atoms with Crippen LogP contribution in [0.3, 0.4) is 0 Å². The Morgan fingerprint density at radius 3 is 2.87 bits per heavy atom. The maximum absolute atomic E-state index is 12.3. The highest BCUT2D eigenvalue weighted by Gasteiger charge is 2.33. The lowest BCUT2D eigenvalue weighted by Gasteiger charge is -2.37. The van der Waals surface area contributed by atoms with Crippen LogP contribution in [0.1, 0.15) is 36.6 Å². The van der Waals surface area contributed by atoms with Gasteiger partial charge in [0.25, 0.3) is 0 Å². The number of fused-ring (bicyclic) bond motifs is 1. The lowest BCUT2D eigenvalue weighted by Crippen LogP contribution is -2.46. The minimum atomic E-state index is -0.0126. The molecule has 0 N–H and O–H groups in total. The summed E-state index contributed by atoms with van der Waals surface area (Å²) in [6, 6.07) is 5.88. The Morgan fingerprint density at radius 1 is 1.33 bits per heavy atom. The van der Waals surface area contributed by atoms with Gasteiger partial charge in [-0.05, 0) is 44.5 Å². The summed E-state index contributed by atoms with van der Waals surface area (Å²) >= 11 is 0. The highest BCUT2D eigenvalue weighted by molar-refractivity contribution is 5.73. The van der Waals surface area contributed by atoms with Crippen LogP contribution in [-0.4, -0.2) is 58.3 Å². The van der Waals surface area contributed by atoms with Gasteiger partial charge in [0.05, 0.1) is 19.9 Å². The maximum atomic E-state index is 12.3. The van der Waals surface area contributed by atoms with Crippen LogP contribution in [0.15, 0.2) is 24.4 Å². The second kappa shape index (κ2) is 8.68. The number of carbonyl (C=O) groups excluding carboxylic acids is 1. The number of likely N-dealkylation sites (tertiary alicyclic amines) is 1. The largest absolute Gasteiger partial charge is 0.497 e. The van der Waals surface area contributed by atoms with Gasteiger partial charge in [0.2, 0.25) is 5.91 Å². The number of nitrogens with zero attached hydrogens (tertiary/aromatic N) is 4. The van der Waals surface area contributed by atoms with Crippen molar-refractivity contribution in [2.75, 3.05) is 26.7 Å². The molecule has 0 unspecified atom stereocenters. The van der Waals surface area contributed by atoms with Crippen molar-refractivity contribution in [3.05, 3.63) is 41.2 Å². The molecule has 7 heteroatoms. The van der Waals surface area contributed by atoms with Gasteiger partial charge in [0.15, 0.2) is 0 Å². The van der Waals surface area contributed by atoms with Crippen LogP contribution in [0.2, 0.25) is 0 Å². The molecule has 3 heterocycles. The molecule has 0 spiro atoms. The van der Waals surface area contributed by atoms with E-state index in [2.05, 4.69) is 16.9 Å². The van der Waals surface area contributed by atoms with E-state index in [1.165, 1.54) is 11.3 Å². The monoisotopic (exact) mass is 412 g/mol. The van der Waals surface area contributed by atoms with Crippen molar-refractivity contribution in [3.63, 3.8) is 0 Å². The predicted octanol–water partition coefficient (Wildman–Crippen LogP) is 2.76. The molecule has 4 rings (SSSR count). The Kier molecular flexibility index (Phi) is 5.99. The number of aryl methyl sites for hydroxylation is 1. The van der Waals surface area contributed by atoms with E-state index in [9.17, 15) is 4.79 Å². The van der Waals surface area contributed by atoms with E-state index in [0.29, 0.717) is 19.0 Å². The number of ether oxygens (including phenoxy) is 2. The second-order valence-corrected chi connectivity index (χ2v) is 8.55. The van der Waals surface area contributed by atoms with E-state index in [4.69, 9.17) is 9.47 Å². The first-order valence-corrected chi connectivity index (χ1v) is 10.7. The lowest BCUT2D eigenvalue weighted by atomic mass is 9.91. The number of benzene rings is 1. The molecule has 1 amide bonds. The molecular formula is C23H32N4O3. The van der Waals surface area contributed by atoms with Crippen LogP contribution in [-0.2, 0) is 24.9 Å². The van der Waals surface area contributed by atoms with Crippen molar-refractivity contribution < 1.29 is 14.3 Å². The molecule has 1 fully saturated rings. The van der Waals surface area contributed by atoms with E-state index in [0.717, 1.165) is 49.5 Å². The number of hydrogen-bond donors (Lipinski definition) is 0. The highest BCUT2D eigenvalue weighted by Crippen LogP contribution is 2.33. The number of methoxy groups -OCH3 is 1. The fraction of sp³-hybridized carbons (Fsp3) is 0.565. The van der Waals surface area contributed by atoms with E-state index in [-0.39, 0.29) is 12.0 Å². The van der Waals surface area contributed by atoms with Gasteiger partial charge in [0.1, 0.15) is 17.6 Å². The third-order valence-corrected chi connectivity index (χ3v) is 6.55. The molecule has 1 aromatic heterocycles. The van der Waals surface area contributed by atoms with Gasteiger partial charge >= 0.3 is 0 Å². The average Bonchev–Trinajstić information content (AvgIpc) is 2.95. The number of amides is 1. The normalized spacial score (nSPS) is 22.2. The summed E-state index contributed by atoms with van der Waals surface area (Å²) in [5, 5.41) is 4.38. The molecule has 30 heavy (non-hydrogen) atoms. The molecule has 0 bridgehead atoms. The van der Waals surface area contributed by atoms with Crippen molar-refractivity contribution in [1.82, 2.24) is 19.6 Å². The zero-order valence-corrected chi connectivity index (χ0v) is 18.4. The highest BCUT2D eigenvalue weighted by atomic mass is 16.5. The standard InChI is InChI=1S/C23H32N4O3/c1-16-20(11-24-25(16)3)13-26-9-5-6-18(12-26)23-15-27(17(2)28)14-19-10-21(29-4)7-8-22(19)30-23/h7-8,10-11,18,23H,5-6,9,12-15H2,1-4H3/t18-,23+/m0/s1. The first-order chi connectivity index (χ1) is 14.4. The molecule has 1 aromatic carbocycles. The van der Waals surface area contributed by atoms with Gasteiger partial charge in [-0.1, -0.05) is 0 Å². The van der Waals surface area contributed by atoms with E-state index < -0.39 is 0 Å². The van der Waals surface area contributed by atoms with Gasteiger partial charge in [-0.3, -0.25) is 14.4 Å². The van der Waals surface area contributed by atoms with Gasteiger partial charge in [-0.15, -0.1) is 0 Å². The molecule has 2 aromatic rings. The number of aromatic nitrogens is 2. The Morgan fingerprint density at radius 2 is 2.17 bits per heavy atom. The summed E-state index contributed by atoms with van der Waals surface area (Å²) < 4.78 is 13.8. The smallest absolute Gasteiger partial charge is 0.219 e. The van der Waals surface area contributed by atoms with Gasteiger partial charge in [0, 0.05) is 56.3 Å². The Balaban J connectivity index is 1.52. The van der Waals surface area contributed by atoms with E-state index >= 15 is 0 Å². The molecule has 0 radical (unpaired) electrons. The van der Waals surface area contributed by atoms with Gasteiger partial charge in [-0.25, -0.2) is 0 Å². The summed E-state index contributed by atoms with van der Waals surface area (Å²) in [5.74, 6) is 2.11. The van der Waals surface area contributed by atoms with Crippen molar-refractivity contribution in [2.45, 2.75) is 45.9 Å². The average molecular weight is 413 g/mol. The fourth-order valence-corrected chi connectivity index (χ4v) is 4.57.